The zero-order valence-corrected chi connectivity index (χ0v) is 8.17. The van der Waals surface area contributed by atoms with Crippen LogP contribution in [0.1, 0.15) is 25.7 Å². The van der Waals surface area contributed by atoms with Crippen molar-refractivity contribution in [2.45, 2.75) is 31.3 Å². The van der Waals surface area contributed by atoms with Crippen LogP contribution in [-0.2, 0) is 0 Å². The lowest BCUT2D eigenvalue weighted by atomic mass is 10.0. The second kappa shape index (κ2) is 2.81. The average molecular weight is 197 g/mol. The van der Waals surface area contributed by atoms with Crippen LogP contribution in [0, 0.1) is 11.8 Å². The Morgan fingerprint density at radius 1 is 1.10 bits per heavy atom. The molecule has 3 atom stereocenters. The monoisotopic (exact) mass is 196 g/mol. The quantitative estimate of drug-likeness (QED) is 0.558. The molecule has 0 nitrogen and oxygen atoms in total. The predicted molar refractivity (Wildman–Crippen MR) is 47.9 cm³/mol. The van der Waals surface area contributed by atoms with Gasteiger partial charge in [-0.05, 0) is 31.1 Å². The van der Waals surface area contributed by atoms with Gasteiger partial charge < -0.3 is 0 Å². The minimum atomic E-state index is -0.672. The Bertz CT molecular complexity index is 138. The van der Waals surface area contributed by atoms with Crippen LogP contribution in [0.4, 0.5) is 0 Å². The first-order chi connectivity index (χ1) is 4.77. The van der Waals surface area contributed by atoms with Gasteiger partial charge in [0.15, 0.2) is 0 Å². The van der Waals surface area contributed by atoms with Gasteiger partial charge in [0.25, 0.3) is 0 Å². The van der Waals surface area contributed by atoms with Crippen molar-refractivity contribution in [3.63, 3.8) is 0 Å². The lowest BCUT2D eigenvalue weighted by Gasteiger charge is -2.21. The van der Waals surface area contributed by atoms with Crippen molar-refractivity contribution in [3.8, 4) is 0 Å². The summed E-state index contributed by atoms with van der Waals surface area (Å²) in [4.78, 5) is 0. The van der Waals surface area contributed by atoms with Crippen molar-refractivity contribution < 1.29 is 0 Å². The molecule has 0 aromatic carbocycles. The number of halogens is 2. The number of hydrogen-bond donors (Lipinski definition) is 0. The molecule has 2 bridgehead atoms. The van der Waals surface area contributed by atoms with Crippen LogP contribution < -0.4 is 0 Å². The van der Waals surface area contributed by atoms with Crippen molar-refractivity contribution >= 4 is 29.1 Å². The molecular weight excluding hydrogens is 186 g/mol. The number of rotatable bonds is 1. The van der Waals surface area contributed by atoms with E-state index in [4.69, 9.17) is 22.5 Å². The highest BCUT2D eigenvalue weighted by Gasteiger charge is 2.42. The van der Waals surface area contributed by atoms with Crippen LogP contribution in [0.5, 0.6) is 0 Å². The summed E-state index contributed by atoms with van der Waals surface area (Å²) in [5, 5.41) is 0. The number of hydrogen-bond acceptors (Lipinski definition) is 0. The third kappa shape index (κ3) is 1.19. The van der Waals surface area contributed by atoms with Gasteiger partial charge in [-0.15, -0.1) is 0 Å². The Hall–Kier alpha value is 1.01. The fourth-order valence-corrected chi connectivity index (χ4v) is 4.93. The van der Waals surface area contributed by atoms with Crippen LogP contribution in [0.3, 0.4) is 0 Å². The summed E-state index contributed by atoms with van der Waals surface area (Å²) in [6.07, 6.45) is 5.58. The summed E-state index contributed by atoms with van der Waals surface area (Å²) in [7, 11) is 0. The predicted octanol–water partition coefficient (Wildman–Crippen LogP) is 3.96. The summed E-state index contributed by atoms with van der Waals surface area (Å²) in [5.41, 5.74) is 0.692. The van der Waals surface area contributed by atoms with E-state index in [1.807, 2.05) is 0 Å². The van der Waals surface area contributed by atoms with Crippen LogP contribution in [0.15, 0.2) is 0 Å². The van der Waals surface area contributed by atoms with Gasteiger partial charge in [0.2, 0.25) is 0 Å². The van der Waals surface area contributed by atoms with E-state index in [1.54, 1.807) is 0 Å². The van der Waals surface area contributed by atoms with E-state index >= 15 is 0 Å². The molecule has 0 unspecified atom stereocenters. The van der Waals surface area contributed by atoms with Gasteiger partial charge in [-0.25, -0.2) is 0 Å². The summed E-state index contributed by atoms with van der Waals surface area (Å²) in [5.74, 6) is 1.88. The third-order valence-corrected chi connectivity index (χ3v) is 5.59. The molecule has 2 aliphatic carbocycles. The van der Waals surface area contributed by atoms with E-state index in [0.717, 1.165) is 11.8 Å². The van der Waals surface area contributed by atoms with Gasteiger partial charge in [-0.2, -0.15) is 0 Å². The fraction of sp³-hybridized carbons (Fsp3) is 1.00. The van der Waals surface area contributed by atoms with Crippen LogP contribution in [-0.4, -0.2) is 5.66 Å². The van der Waals surface area contributed by atoms with E-state index in [1.165, 1.54) is 25.7 Å². The van der Waals surface area contributed by atoms with E-state index < -0.39 is 6.63 Å². The first kappa shape index (κ1) is 7.65. The zero-order valence-electron chi connectivity index (χ0n) is 5.76. The van der Waals surface area contributed by atoms with Crippen LogP contribution in [0.2, 0.25) is 0 Å². The molecule has 58 valence electrons. The standard InChI is InChI=1S/C7H11Cl2P/c8-10(9)7-4-5-1-2-6(7)3-5/h5-7H,1-4H2/t5-,6+,7+/m0/s1. The highest BCUT2D eigenvalue weighted by Crippen LogP contribution is 2.63. The molecule has 0 aromatic heterocycles. The molecule has 0 amide bonds. The Morgan fingerprint density at radius 2 is 1.90 bits per heavy atom. The normalized spacial score (nSPS) is 45.3. The van der Waals surface area contributed by atoms with E-state index in [2.05, 4.69) is 0 Å². The molecule has 3 heteroatoms. The maximum Gasteiger partial charge on any atom is 0.0889 e. The smallest absolute Gasteiger partial charge is 0.0778 e. The Balaban J connectivity index is 2.02. The third-order valence-electron chi connectivity index (χ3n) is 2.95. The molecule has 0 radical (unpaired) electrons. The summed E-state index contributed by atoms with van der Waals surface area (Å²) in [6.45, 7) is -0.672. The zero-order chi connectivity index (χ0) is 7.14. The highest BCUT2D eigenvalue weighted by atomic mass is 35.9. The van der Waals surface area contributed by atoms with Crippen molar-refractivity contribution in [3.05, 3.63) is 0 Å². The van der Waals surface area contributed by atoms with Crippen LogP contribution >= 0.6 is 29.1 Å². The van der Waals surface area contributed by atoms with E-state index in [-0.39, 0.29) is 0 Å². The van der Waals surface area contributed by atoms with Gasteiger partial charge >= 0.3 is 0 Å². The Kier molecular flexibility index (Phi) is 2.15. The van der Waals surface area contributed by atoms with Crippen molar-refractivity contribution in [1.82, 2.24) is 0 Å². The van der Waals surface area contributed by atoms with Gasteiger partial charge in [0.1, 0.15) is 0 Å². The molecule has 0 saturated heterocycles. The van der Waals surface area contributed by atoms with Crippen LogP contribution in [0.25, 0.3) is 0 Å². The number of fused-ring (bicyclic) bond motifs is 2. The van der Waals surface area contributed by atoms with Crippen molar-refractivity contribution in [2.75, 3.05) is 0 Å². The molecule has 2 fully saturated rings. The first-order valence-electron chi connectivity index (χ1n) is 3.88. The SMILES string of the molecule is ClP(Cl)[C@@H]1C[C@H]2CC[C@@H]1C2. The summed E-state index contributed by atoms with van der Waals surface area (Å²) in [6, 6.07) is 0. The minimum absolute atomic E-state index is 0.672. The maximum atomic E-state index is 5.91. The molecule has 10 heavy (non-hydrogen) atoms. The molecule has 2 aliphatic rings. The Labute approximate surface area is 72.6 Å². The lowest BCUT2D eigenvalue weighted by molar-refractivity contribution is 0.490. The van der Waals surface area contributed by atoms with Gasteiger partial charge in [-0.1, -0.05) is 28.9 Å². The fourth-order valence-electron chi connectivity index (χ4n) is 2.45. The molecule has 2 rings (SSSR count). The topological polar surface area (TPSA) is 0 Å². The second-order valence-electron chi connectivity index (χ2n) is 3.50. The molecule has 0 heterocycles. The minimum Gasteiger partial charge on any atom is -0.0778 e. The van der Waals surface area contributed by atoms with E-state index in [9.17, 15) is 0 Å². The van der Waals surface area contributed by atoms with Crippen molar-refractivity contribution in [1.29, 1.82) is 0 Å². The largest absolute Gasteiger partial charge is 0.0889 e. The lowest BCUT2D eigenvalue weighted by Crippen LogP contribution is -2.11. The summed E-state index contributed by atoms with van der Waals surface area (Å²) < 4.78 is 0. The van der Waals surface area contributed by atoms with Crippen molar-refractivity contribution in [2.24, 2.45) is 11.8 Å². The molecule has 0 spiro atoms. The maximum absolute atomic E-state index is 5.91. The van der Waals surface area contributed by atoms with E-state index in [0.29, 0.717) is 5.66 Å². The second-order valence-corrected chi connectivity index (χ2v) is 7.39. The van der Waals surface area contributed by atoms with Gasteiger partial charge in [0, 0.05) is 5.66 Å². The molecule has 2 saturated carbocycles. The highest BCUT2D eigenvalue weighted by molar-refractivity contribution is 8.04. The molecule has 0 aromatic rings. The Morgan fingerprint density at radius 3 is 2.20 bits per heavy atom. The van der Waals surface area contributed by atoms with Gasteiger partial charge in [-0.3, -0.25) is 0 Å². The molecular formula is C7H11Cl2P. The average Bonchev–Trinajstić information content (AvgIpc) is 2.44. The molecule has 0 N–H and O–H groups in total. The van der Waals surface area contributed by atoms with Gasteiger partial charge in [0.05, 0.1) is 6.63 Å². The first-order valence-corrected chi connectivity index (χ1v) is 7.10. The molecule has 0 aliphatic heterocycles. The summed E-state index contributed by atoms with van der Waals surface area (Å²) >= 11 is 11.8.